The zero-order chi connectivity index (χ0) is 14.5. The van der Waals surface area contributed by atoms with Crippen molar-refractivity contribution < 1.29 is 9.59 Å². The Morgan fingerprint density at radius 3 is 2.55 bits per heavy atom. The average molecular weight is 271 g/mol. The molecule has 0 aliphatic carbocycles. The Labute approximate surface area is 118 Å². The molecule has 0 unspecified atom stereocenters. The molecule has 5 nitrogen and oxygen atoms in total. The summed E-state index contributed by atoms with van der Waals surface area (Å²) in [6, 6.07) is 8.78. The van der Waals surface area contributed by atoms with Crippen molar-refractivity contribution in [3.63, 3.8) is 0 Å². The van der Waals surface area contributed by atoms with E-state index in [0.717, 1.165) is 0 Å². The summed E-state index contributed by atoms with van der Waals surface area (Å²) in [6.45, 7) is 4.68. The molecule has 20 heavy (non-hydrogen) atoms. The molecule has 1 heterocycles. The maximum atomic E-state index is 12.3. The number of benzene rings is 1. The van der Waals surface area contributed by atoms with Crippen LogP contribution in [0, 0.1) is 11.3 Å². The van der Waals surface area contributed by atoms with Gasteiger partial charge >= 0.3 is 0 Å². The highest BCUT2D eigenvalue weighted by Crippen LogP contribution is 2.10. The molecule has 0 bridgehead atoms. The van der Waals surface area contributed by atoms with Gasteiger partial charge in [-0.05, 0) is 25.1 Å². The van der Waals surface area contributed by atoms with Gasteiger partial charge in [-0.3, -0.25) is 14.5 Å². The molecule has 1 aliphatic heterocycles. The van der Waals surface area contributed by atoms with Crippen molar-refractivity contribution in [2.24, 2.45) is 0 Å². The SMILES string of the molecule is CC(=O)CN1CCN(C(=O)c2cccc(C#N)c2)CC1. The van der Waals surface area contributed by atoms with E-state index in [2.05, 4.69) is 4.90 Å². The van der Waals surface area contributed by atoms with E-state index >= 15 is 0 Å². The quantitative estimate of drug-likeness (QED) is 0.819. The second kappa shape index (κ2) is 6.31. The van der Waals surface area contributed by atoms with Crippen molar-refractivity contribution in [1.82, 2.24) is 9.80 Å². The van der Waals surface area contributed by atoms with Crippen LogP contribution in [-0.4, -0.2) is 54.2 Å². The first-order valence-corrected chi connectivity index (χ1v) is 6.61. The number of nitrogens with zero attached hydrogens (tertiary/aromatic N) is 3. The van der Waals surface area contributed by atoms with E-state index in [4.69, 9.17) is 5.26 Å². The summed E-state index contributed by atoms with van der Waals surface area (Å²) >= 11 is 0. The van der Waals surface area contributed by atoms with Crippen LogP contribution in [0.4, 0.5) is 0 Å². The van der Waals surface area contributed by atoms with Crippen molar-refractivity contribution in [3.8, 4) is 6.07 Å². The number of nitriles is 1. The van der Waals surface area contributed by atoms with E-state index in [-0.39, 0.29) is 11.7 Å². The van der Waals surface area contributed by atoms with Gasteiger partial charge in [0.25, 0.3) is 5.91 Å². The third-order valence-corrected chi connectivity index (χ3v) is 3.34. The molecule has 5 heteroatoms. The number of piperazine rings is 1. The minimum atomic E-state index is -0.0513. The minimum Gasteiger partial charge on any atom is -0.336 e. The Kier molecular flexibility index (Phi) is 4.49. The molecule has 0 aromatic heterocycles. The van der Waals surface area contributed by atoms with Crippen LogP contribution in [0.5, 0.6) is 0 Å². The van der Waals surface area contributed by atoms with Gasteiger partial charge in [0.2, 0.25) is 0 Å². The van der Waals surface area contributed by atoms with Gasteiger partial charge in [0.05, 0.1) is 18.2 Å². The first-order chi connectivity index (χ1) is 9.60. The first kappa shape index (κ1) is 14.2. The second-order valence-corrected chi connectivity index (χ2v) is 4.96. The molecule has 1 aliphatic rings. The number of rotatable bonds is 3. The summed E-state index contributed by atoms with van der Waals surface area (Å²) in [7, 11) is 0. The number of amides is 1. The molecule has 1 aromatic rings. The van der Waals surface area contributed by atoms with Gasteiger partial charge in [-0.25, -0.2) is 0 Å². The van der Waals surface area contributed by atoms with E-state index in [1.165, 1.54) is 0 Å². The van der Waals surface area contributed by atoms with Crippen molar-refractivity contribution in [1.29, 1.82) is 5.26 Å². The zero-order valence-corrected chi connectivity index (χ0v) is 11.5. The van der Waals surface area contributed by atoms with Crippen molar-refractivity contribution >= 4 is 11.7 Å². The number of hydrogen-bond donors (Lipinski definition) is 0. The molecule has 1 amide bonds. The number of carbonyl (C=O) groups is 2. The fraction of sp³-hybridized carbons (Fsp3) is 0.400. The molecule has 1 saturated heterocycles. The van der Waals surface area contributed by atoms with Crippen LogP contribution in [0.1, 0.15) is 22.8 Å². The average Bonchev–Trinajstić information content (AvgIpc) is 2.47. The molecular weight excluding hydrogens is 254 g/mol. The van der Waals surface area contributed by atoms with Gasteiger partial charge in [0.15, 0.2) is 0 Å². The maximum absolute atomic E-state index is 12.3. The van der Waals surface area contributed by atoms with Crippen molar-refractivity contribution in [3.05, 3.63) is 35.4 Å². The summed E-state index contributed by atoms with van der Waals surface area (Å²) in [6.07, 6.45) is 0. The second-order valence-electron chi connectivity index (χ2n) is 4.96. The van der Waals surface area contributed by atoms with Crippen LogP contribution in [0.25, 0.3) is 0 Å². The molecule has 104 valence electrons. The summed E-state index contributed by atoms with van der Waals surface area (Å²) in [5, 5.41) is 8.86. The van der Waals surface area contributed by atoms with Crippen LogP contribution in [-0.2, 0) is 4.79 Å². The van der Waals surface area contributed by atoms with Crippen molar-refractivity contribution in [2.45, 2.75) is 6.92 Å². The van der Waals surface area contributed by atoms with Crippen LogP contribution >= 0.6 is 0 Å². The van der Waals surface area contributed by atoms with Crippen LogP contribution < -0.4 is 0 Å². The Bertz CT molecular complexity index is 554. The summed E-state index contributed by atoms with van der Waals surface area (Å²) < 4.78 is 0. The van der Waals surface area contributed by atoms with Gasteiger partial charge in [0, 0.05) is 31.7 Å². The van der Waals surface area contributed by atoms with Gasteiger partial charge in [-0.15, -0.1) is 0 Å². The van der Waals surface area contributed by atoms with Gasteiger partial charge < -0.3 is 4.90 Å². The van der Waals surface area contributed by atoms with Gasteiger partial charge in [-0.2, -0.15) is 5.26 Å². The maximum Gasteiger partial charge on any atom is 0.253 e. The van der Waals surface area contributed by atoms with Gasteiger partial charge in [-0.1, -0.05) is 6.07 Å². The summed E-state index contributed by atoms with van der Waals surface area (Å²) in [5.74, 6) is 0.0936. The largest absolute Gasteiger partial charge is 0.336 e. The molecular formula is C15H17N3O2. The predicted octanol–water partition coefficient (Wildman–Crippen LogP) is 0.905. The number of ketones is 1. The fourth-order valence-corrected chi connectivity index (χ4v) is 2.33. The zero-order valence-electron chi connectivity index (χ0n) is 11.5. The van der Waals surface area contributed by atoms with E-state index in [9.17, 15) is 9.59 Å². The highest BCUT2D eigenvalue weighted by Gasteiger charge is 2.22. The lowest BCUT2D eigenvalue weighted by atomic mass is 10.1. The highest BCUT2D eigenvalue weighted by molar-refractivity contribution is 5.94. The molecule has 0 atom stereocenters. The molecule has 1 aromatic carbocycles. The Morgan fingerprint density at radius 1 is 1.25 bits per heavy atom. The summed E-state index contributed by atoms with van der Waals surface area (Å²) in [5.41, 5.74) is 1.04. The van der Waals surface area contributed by atoms with Crippen molar-refractivity contribution in [2.75, 3.05) is 32.7 Å². The fourth-order valence-electron chi connectivity index (χ4n) is 2.33. The topological polar surface area (TPSA) is 64.4 Å². The summed E-state index contributed by atoms with van der Waals surface area (Å²) in [4.78, 5) is 27.2. The number of Topliss-reactive ketones (excluding diaryl/α,β-unsaturated/α-hetero) is 1. The minimum absolute atomic E-state index is 0.0513. The lowest BCUT2D eigenvalue weighted by molar-refractivity contribution is -0.118. The van der Waals surface area contributed by atoms with Gasteiger partial charge in [0.1, 0.15) is 5.78 Å². The van der Waals surface area contributed by atoms with Crippen LogP contribution in [0.2, 0.25) is 0 Å². The molecule has 0 spiro atoms. The third kappa shape index (κ3) is 3.43. The predicted molar refractivity (Wildman–Crippen MR) is 74.2 cm³/mol. The Hall–Kier alpha value is -2.19. The Balaban J connectivity index is 1.98. The lowest BCUT2D eigenvalue weighted by Gasteiger charge is -2.34. The monoisotopic (exact) mass is 271 g/mol. The number of hydrogen-bond acceptors (Lipinski definition) is 4. The van der Waals surface area contributed by atoms with E-state index in [1.54, 1.807) is 36.1 Å². The smallest absolute Gasteiger partial charge is 0.253 e. The molecule has 0 radical (unpaired) electrons. The van der Waals surface area contributed by atoms with E-state index in [1.807, 2.05) is 6.07 Å². The number of carbonyl (C=O) groups excluding carboxylic acids is 2. The van der Waals surface area contributed by atoms with E-state index < -0.39 is 0 Å². The Morgan fingerprint density at radius 2 is 1.95 bits per heavy atom. The van der Waals surface area contributed by atoms with Crippen LogP contribution in [0.3, 0.4) is 0 Å². The first-order valence-electron chi connectivity index (χ1n) is 6.61. The molecule has 1 fully saturated rings. The normalized spacial score (nSPS) is 15.7. The van der Waals surface area contributed by atoms with E-state index in [0.29, 0.717) is 43.9 Å². The highest BCUT2D eigenvalue weighted by atomic mass is 16.2. The molecule has 0 saturated carbocycles. The molecule has 2 rings (SSSR count). The molecule has 0 N–H and O–H groups in total. The van der Waals surface area contributed by atoms with Crippen LogP contribution in [0.15, 0.2) is 24.3 Å². The third-order valence-electron chi connectivity index (χ3n) is 3.34. The standard InChI is InChI=1S/C15H17N3O2/c1-12(19)11-17-5-7-18(8-6-17)15(20)14-4-2-3-13(9-14)10-16/h2-4,9H,5-8,11H2,1H3. The lowest BCUT2D eigenvalue weighted by Crippen LogP contribution is -2.49.